The number of rotatable bonds is 4. The van der Waals surface area contributed by atoms with Crippen molar-refractivity contribution >= 4 is 0 Å². The SMILES string of the molecule is Cc1cccc(C(CN)Cc2cc(C)nn2C)c1. The van der Waals surface area contributed by atoms with E-state index in [-0.39, 0.29) is 0 Å². The molecule has 2 N–H and O–H groups in total. The number of nitrogens with two attached hydrogens (primary N) is 1. The average Bonchev–Trinajstić information content (AvgIpc) is 2.64. The van der Waals surface area contributed by atoms with Gasteiger partial charge in [0, 0.05) is 18.7 Å². The summed E-state index contributed by atoms with van der Waals surface area (Å²) >= 11 is 0. The van der Waals surface area contributed by atoms with Crippen LogP contribution in [0.1, 0.15) is 28.4 Å². The van der Waals surface area contributed by atoms with Crippen molar-refractivity contribution < 1.29 is 0 Å². The number of aryl methyl sites for hydroxylation is 3. The zero-order valence-electron chi connectivity index (χ0n) is 11.4. The smallest absolute Gasteiger partial charge is 0.0596 e. The molecule has 0 saturated heterocycles. The maximum absolute atomic E-state index is 5.93. The highest BCUT2D eigenvalue weighted by Crippen LogP contribution is 2.21. The third-order valence-electron chi connectivity index (χ3n) is 3.35. The third-order valence-corrected chi connectivity index (χ3v) is 3.35. The van der Waals surface area contributed by atoms with E-state index in [1.165, 1.54) is 16.8 Å². The first-order chi connectivity index (χ1) is 8.60. The van der Waals surface area contributed by atoms with E-state index in [2.05, 4.69) is 42.4 Å². The van der Waals surface area contributed by atoms with Crippen LogP contribution in [0.2, 0.25) is 0 Å². The van der Waals surface area contributed by atoms with Crippen molar-refractivity contribution in [2.24, 2.45) is 12.8 Å². The fraction of sp³-hybridized carbons (Fsp3) is 0.400. The van der Waals surface area contributed by atoms with E-state index >= 15 is 0 Å². The number of hydrogen-bond acceptors (Lipinski definition) is 2. The van der Waals surface area contributed by atoms with Gasteiger partial charge in [-0.2, -0.15) is 5.10 Å². The fourth-order valence-electron chi connectivity index (χ4n) is 2.37. The van der Waals surface area contributed by atoms with Crippen molar-refractivity contribution in [2.45, 2.75) is 26.2 Å². The first-order valence-electron chi connectivity index (χ1n) is 6.36. The van der Waals surface area contributed by atoms with Crippen LogP contribution < -0.4 is 5.73 Å². The Kier molecular flexibility index (Phi) is 3.82. The van der Waals surface area contributed by atoms with E-state index in [9.17, 15) is 0 Å². The Balaban J connectivity index is 2.22. The molecule has 2 rings (SSSR count). The molecular formula is C15H21N3. The van der Waals surface area contributed by atoms with E-state index in [1.807, 2.05) is 18.7 Å². The van der Waals surface area contributed by atoms with Crippen LogP contribution in [0, 0.1) is 13.8 Å². The zero-order chi connectivity index (χ0) is 13.1. The Hall–Kier alpha value is -1.61. The van der Waals surface area contributed by atoms with Crippen LogP contribution in [0.4, 0.5) is 0 Å². The summed E-state index contributed by atoms with van der Waals surface area (Å²) in [4.78, 5) is 0. The summed E-state index contributed by atoms with van der Waals surface area (Å²) in [5, 5.41) is 4.39. The van der Waals surface area contributed by atoms with Gasteiger partial charge in [-0.3, -0.25) is 4.68 Å². The molecule has 0 aliphatic carbocycles. The van der Waals surface area contributed by atoms with E-state index in [4.69, 9.17) is 5.73 Å². The molecule has 1 heterocycles. The third kappa shape index (κ3) is 2.79. The minimum atomic E-state index is 0.361. The second-order valence-corrected chi connectivity index (χ2v) is 4.95. The quantitative estimate of drug-likeness (QED) is 0.895. The highest BCUT2D eigenvalue weighted by molar-refractivity contribution is 5.27. The van der Waals surface area contributed by atoms with Crippen LogP contribution in [0.25, 0.3) is 0 Å². The summed E-state index contributed by atoms with van der Waals surface area (Å²) in [5.74, 6) is 0.361. The minimum absolute atomic E-state index is 0.361. The number of benzene rings is 1. The lowest BCUT2D eigenvalue weighted by molar-refractivity contribution is 0.629. The summed E-state index contributed by atoms with van der Waals surface area (Å²) in [6.45, 7) is 4.80. The van der Waals surface area contributed by atoms with Gasteiger partial charge < -0.3 is 5.73 Å². The van der Waals surface area contributed by atoms with Crippen molar-refractivity contribution in [3.05, 3.63) is 52.8 Å². The maximum Gasteiger partial charge on any atom is 0.0596 e. The van der Waals surface area contributed by atoms with Gasteiger partial charge >= 0.3 is 0 Å². The van der Waals surface area contributed by atoms with Crippen LogP contribution in [0.5, 0.6) is 0 Å². The Morgan fingerprint density at radius 3 is 2.61 bits per heavy atom. The van der Waals surface area contributed by atoms with Crippen LogP contribution in [-0.2, 0) is 13.5 Å². The molecule has 3 nitrogen and oxygen atoms in total. The second kappa shape index (κ2) is 5.36. The molecule has 0 radical (unpaired) electrons. The molecule has 0 fully saturated rings. The molecule has 96 valence electrons. The molecular weight excluding hydrogens is 222 g/mol. The van der Waals surface area contributed by atoms with Crippen molar-refractivity contribution in [3.63, 3.8) is 0 Å². The zero-order valence-corrected chi connectivity index (χ0v) is 11.4. The summed E-state index contributed by atoms with van der Waals surface area (Å²) < 4.78 is 1.95. The predicted octanol–water partition coefficient (Wildman–Crippen LogP) is 2.32. The van der Waals surface area contributed by atoms with Crippen LogP contribution in [0.15, 0.2) is 30.3 Å². The second-order valence-electron chi connectivity index (χ2n) is 4.95. The maximum atomic E-state index is 5.93. The highest BCUT2D eigenvalue weighted by Gasteiger charge is 2.13. The lowest BCUT2D eigenvalue weighted by Gasteiger charge is -2.15. The van der Waals surface area contributed by atoms with Crippen molar-refractivity contribution in [1.82, 2.24) is 9.78 Å². The lowest BCUT2D eigenvalue weighted by Crippen LogP contribution is -2.16. The van der Waals surface area contributed by atoms with Gasteiger partial charge in [0.1, 0.15) is 0 Å². The Labute approximate surface area is 109 Å². The molecule has 0 spiro atoms. The molecule has 0 aliphatic heterocycles. The molecule has 0 amide bonds. The lowest BCUT2D eigenvalue weighted by atomic mass is 9.93. The topological polar surface area (TPSA) is 43.8 Å². The average molecular weight is 243 g/mol. The van der Waals surface area contributed by atoms with Gasteiger partial charge in [-0.1, -0.05) is 29.8 Å². The molecule has 0 bridgehead atoms. The molecule has 1 unspecified atom stereocenters. The predicted molar refractivity (Wildman–Crippen MR) is 74.6 cm³/mol. The summed E-state index contributed by atoms with van der Waals surface area (Å²) in [5.41, 5.74) is 10.8. The minimum Gasteiger partial charge on any atom is -0.330 e. The van der Waals surface area contributed by atoms with Crippen molar-refractivity contribution in [2.75, 3.05) is 6.54 Å². The van der Waals surface area contributed by atoms with Gasteiger partial charge in [0.25, 0.3) is 0 Å². The molecule has 3 heteroatoms. The standard InChI is InChI=1S/C15H21N3/c1-11-5-4-6-13(7-11)14(10-16)9-15-8-12(2)17-18(15)3/h4-8,14H,9-10,16H2,1-3H3. The fourth-order valence-corrected chi connectivity index (χ4v) is 2.37. The van der Waals surface area contributed by atoms with Crippen LogP contribution in [0.3, 0.4) is 0 Å². The molecule has 1 aromatic carbocycles. The van der Waals surface area contributed by atoms with Gasteiger partial charge in [0.15, 0.2) is 0 Å². The van der Waals surface area contributed by atoms with E-state index < -0.39 is 0 Å². The summed E-state index contributed by atoms with van der Waals surface area (Å²) in [6, 6.07) is 10.7. The Morgan fingerprint density at radius 1 is 1.28 bits per heavy atom. The molecule has 2 aromatic rings. The monoisotopic (exact) mass is 243 g/mol. The van der Waals surface area contributed by atoms with E-state index in [0.29, 0.717) is 12.5 Å². The van der Waals surface area contributed by atoms with E-state index in [0.717, 1.165) is 12.1 Å². The molecule has 18 heavy (non-hydrogen) atoms. The van der Waals surface area contributed by atoms with E-state index in [1.54, 1.807) is 0 Å². The largest absolute Gasteiger partial charge is 0.330 e. The van der Waals surface area contributed by atoms with Crippen molar-refractivity contribution in [3.8, 4) is 0 Å². The number of hydrogen-bond donors (Lipinski definition) is 1. The van der Waals surface area contributed by atoms with Crippen LogP contribution >= 0.6 is 0 Å². The summed E-state index contributed by atoms with van der Waals surface area (Å²) in [7, 11) is 1.99. The molecule has 1 atom stereocenters. The number of aromatic nitrogens is 2. The van der Waals surface area contributed by atoms with Gasteiger partial charge in [-0.25, -0.2) is 0 Å². The first-order valence-corrected chi connectivity index (χ1v) is 6.36. The molecule has 0 aliphatic rings. The molecule has 0 saturated carbocycles. The van der Waals surface area contributed by atoms with Gasteiger partial charge in [0.05, 0.1) is 5.69 Å². The first kappa shape index (κ1) is 12.8. The van der Waals surface area contributed by atoms with Crippen molar-refractivity contribution in [1.29, 1.82) is 0 Å². The van der Waals surface area contributed by atoms with Gasteiger partial charge in [0.2, 0.25) is 0 Å². The normalized spacial score (nSPS) is 12.7. The Morgan fingerprint density at radius 2 is 2.06 bits per heavy atom. The summed E-state index contributed by atoms with van der Waals surface area (Å²) in [6.07, 6.45) is 0.942. The van der Waals surface area contributed by atoms with Crippen LogP contribution in [-0.4, -0.2) is 16.3 Å². The highest BCUT2D eigenvalue weighted by atomic mass is 15.3. The number of nitrogens with zero attached hydrogens (tertiary/aromatic N) is 2. The molecule has 1 aromatic heterocycles. The Bertz CT molecular complexity index is 528. The van der Waals surface area contributed by atoms with Gasteiger partial charge in [-0.15, -0.1) is 0 Å². The van der Waals surface area contributed by atoms with Gasteiger partial charge in [-0.05, 0) is 38.4 Å².